The topological polar surface area (TPSA) is 142 Å². The molecule has 1 N–H and O–H groups in total. The molecule has 0 bridgehead atoms. The van der Waals surface area contributed by atoms with Crippen LogP contribution in [0.1, 0.15) is 38.5 Å². The third-order valence-corrected chi connectivity index (χ3v) is 6.96. The number of esters is 2. The van der Waals surface area contributed by atoms with Gasteiger partial charge >= 0.3 is 37.8 Å². The van der Waals surface area contributed by atoms with Crippen LogP contribution in [0.25, 0.3) is 0 Å². The Hall–Kier alpha value is -1.45. The number of sulfonamides is 1. The zero-order valence-electron chi connectivity index (χ0n) is 14.3. The summed E-state index contributed by atoms with van der Waals surface area (Å²) in [6.07, 6.45) is -0.987. The summed E-state index contributed by atoms with van der Waals surface area (Å²) in [7, 11) is -11.4. The SMILES string of the molecule is O=C(CC1CCCC(OS(=O)(=O)NS(=O)(=O)C(F)(F)F)C1)OC1CCOC1=O. The summed E-state index contributed by atoms with van der Waals surface area (Å²) >= 11 is 0. The van der Waals surface area contributed by atoms with Crippen molar-refractivity contribution in [2.45, 2.75) is 56.2 Å². The molecule has 3 atom stereocenters. The van der Waals surface area contributed by atoms with Gasteiger partial charge in [0.15, 0.2) is 0 Å². The summed E-state index contributed by atoms with van der Waals surface area (Å²) in [6, 6.07) is 0. The number of hydrogen-bond acceptors (Lipinski definition) is 9. The van der Waals surface area contributed by atoms with Crippen molar-refractivity contribution in [1.82, 2.24) is 4.13 Å². The first-order valence-corrected chi connectivity index (χ1v) is 11.1. The first kappa shape index (κ1) is 22.8. The predicted molar refractivity (Wildman–Crippen MR) is 83.9 cm³/mol. The van der Waals surface area contributed by atoms with Gasteiger partial charge in [0, 0.05) is 12.8 Å². The Morgan fingerprint density at radius 3 is 2.43 bits per heavy atom. The molecule has 1 aliphatic heterocycles. The number of hydrogen-bond donors (Lipinski definition) is 1. The van der Waals surface area contributed by atoms with E-state index >= 15 is 0 Å². The van der Waals surface area contributed by atoms with Crippen LogP contribution in [-0.4, -0.2) is 53.1 Å². The van der Waals surface area contributed by atoms with Crippen LogP contribution in [-0.2, 0) is 43.6 Å². The number of cyclic esters (lactones) is 1. The monoisotopic (exact) mass is 453 g/mol. The molecule has 1 heterocycles. The molecule has 3 unspecified atom stereocenters. The molecule has 2 fully saturated rings. The van der Waals surface area contributed by atoms with Crippen LogP contribution in [0, 0.1) is 5.92 Å². The second-order valence-electron chi connectivity index (χ2n) is 6.38. The van der Waals surface area contributed by atoms with Gasteiger partial charge in [-0.3, -0.25) is 8.98 Å². The van der Waals surface area contributed by atoms with Crippen molar-refractivity contribution in [3.05, 3.63) is 0 Å². The highest BCUT2D eigenvalue weighted by Crippen LogP contribution is 2.31. The number of nitrogens with one attached hydrogen (secondary N) is 1. The van der Waals surface area contributed by atoms with Crippen LogP contribution in [0.4, 0.5) is 13.2 Å². The molecule has 0 spiro atoms. The van der Waals surface area contributed by atoms with Crippen LogP contribution < -0.4 is 4.13 Å². The molecule has 1 saturated heterocycles. The van der Waals surface area contributed by atoms with Crippen molar-refractivity contribution in [3.63, 3.8) is 0 Å². The quantitative estimate of drug-likeness (QED) is 0.545. The Morgan fingerprint density at radius 1 is 1.18 bits per heavy atom. The van der Waals surface area contributed by atoms with Crippen LogP contribution in [0.2, 0.25) is 0 Å². The first-order valence-electron chi connectivity index (χ1n) is 8.18. The third kappa shape index (κ3) is 6.28. The standard InChI is InChI=1S/C13H18F3NO9S2/c14-13(15,16)27(20,21)17-28(22,23)26-9-3-1-2-8(6-9)7-11(18)25-10-4-5-24-12(10)19/h8-10,17H,1-7H2. The summed E-state index contributed by atoms with van der Waals surface area (Å²) in [4.78, 5) is 23.2. The normalized spacial score (nSPS) is 26.7. The molecule has 0 aromatic rings. The van der Waals surface area contributed by atoms with Crippen LogP contribution >= 0.6 is 0 Å². The molecule has 1 saturated carbocycles. The van der Waals surface area contributed by atoms with E-state index in [0.29, 0.717) is 17.0 Å². The van der Waals surface area contributed by atoms with Crippen molar-refractivity contribution >= 4 is 32.3 Å². The van der Waals surface area contributed by atoms with Crippen molar-refractivity contribution in [2.24, 2.45) is 5.92 Å². The second-order valence-corrected chi connectivity index (χ2v) is 9.61. The average Bonchev–Trinajstić information content (AvgIpc) is 2.89. The van der Waals surface area contributed by atoms with Gasteiger partial charge in [0.1, 0.15) is 0 Å². The molecule has 2 rings (SSSR count). The average molecular weight is 453 g/mol. The lowest BCUT2D eigenvalue weighted by atomic mass is 9.85. The van der Waals surface area contributed by atoms with Gasteiger partial charge in [-0.25, -0.2) is 13.2 Å². The number of alkyl halides is 3. The van der Waals surface area contributed by atoms with E-state index in [-0.39, 0.29) is 32.3 Å². The number of ether oxygens (including phenoxy) is 2. The minimum absolute atomic E-state index is 0.0167. The highest BCUT2D eigenvalue weighted by molar-refractivity contribution is 8.03. The largest absolute Gasteiger partial charge is 0.512 e. The van der Waals surface area contributed by atoms with Crippen molar-refractivity contribution in [2.75, 3.05) is 6.61 Å². The summed E-state index contributed by atoms with van der Waals surface area (Å²) in [5, 5.41) is 0. The molecule has 15 heteroatoms. The molecule has 0 aromatic carbocycles. The van der Waals surface area contributed by atoms with Gasteiger partial charge in [-0.05, 0) is 25.2 Å². The van der Waals surface area contributed by atoms with Gasteiger partial charge in [0.2, 0.25) is 6.10 Å². The number of rotatable bonds is 7. The van der Waals surface area contributed by atoms with Crippen molar-refractivity contribution < 1.29 is 53.3 Å². The summed E-state index contributed by atoms with van der Waals surface area (Å²) in [6.45, 7) is 0.141. The van der Waals surface area contributed by atoms with Crippen LogP contribution in [0.15, 0.2) is 0 Å². The smallest absolute Gasteiger partial charge is 0.463 e. The van der Waals surface area contributed by atoms with E-state index in [9.17, 15) is 39.6 Å². The minimum Gasteiger partial charge on any atom is -0.463 e. The third-order valence-electron chi connectivity index (χ3n) is 4.13. The lowest BCUT2D eigenvalue weighted by molar-refractivity contribution is -0.161. The maximum atomic E-state index is 12.3. The molecule has 0 aromatic heterocycles. The van der Waals surface area contributed by atoms with Gasteiger partial charge in [0.25, 0.3) is 0 Å². The van der Waals surface area contributed by atoms with E-state index in [1.54, 1.807) is 0 Å². The minimum atomic E-state index is -6.14. The maximum absolute atomic E-state index is 12.3. The molecule has 10 nitrogen and oxygen atoms in total. The van der Waals surface area contributed by atoms with Crippen LogP contribution in [0.5, 0.6) is 0 Å². The highest BCUT2D eigenvalue weighted by atomic mass is 32.3. The summed E-state index contributed by atoms with van der Waals surface area (Å²) < 4.78 is 96.5. The Labute approximate surface area is 159 Å². The fraction of sp³-hybridized carbons (Fsp3) is 0.846. The molecule has 2 aliphatic rings. The van der Waals surface area contributed by atoms with Gasteiger partial charge in [0.05, 0.1) is 12.7 Å². The number of carbonyl (C=O) groups excluding carboxylic acids is 2. The highest BCUT2D eigenvalue weighted by Gasteiger charge is 2.49. The Kier molecular flexibility index (Phi) is 6.94. The Balaban J connectivity index is 1.88. The molecule has 0 amide bonds. The lowest BCUT2D eigenvalue weighted by Crippen LogP contribution is -2.42. The van der Waals surface area contributed by atoms with Crippen molar-refractivity contribution in [1.29, 1.82) is 0 Å². The Morgan fingerprint density at radius 2 is 1.86 bits per heavy atom. The van der Waals surface area contributed by atoms with E-state index in [1.165, 1.54) is 0 Å². The lowest BCUT2D eigenvalue weighted by Gasteiger charge is -2.28. The van der Waals surface area contributed by atoms with E-state index in [1.807, 2.05) is 0 Å². The van der Waals surface area contributed by atoms with Gasteiger partial charge in [-0.2, -0.15) is 21.6 Å². The molecular weight excluding hydrogens is 435 g/mol. The fourth-order valence-electron chi connectivity index (χ4n) is 2.92. The van der Waals surface area contributed by atoms with E-state index in [2.05, 4.69) is 8.92 Å². The molecule has 162 valence electrons. The van der Waals surface area contributed by atoms with E-state index in [4.69, 9.17) is 4.74 Å². The molecule has 1 aliphatic carbocycles. The number of halogens is 3. The predicted octanol–water partition coefficient (Wildman–Crippen LogP) is 0.495. The first-order chi connectivity index (χ1) is 12.8. The maximum Gasteiger partial charge on any atom is 0.512 e. The molecular formula is C13H18F3NO9S2. The van der Waals surface area contributed by atoms with Crippen LogP contribution in [0.3, 0.4) is 0 Å². The van der Waals surface area contributed by atoms with Crippen molar-refractivity contribution in [3.8, 4) is 0 Å². The van der Waals surface area contributed by atoms with Gasteiger partial charge < -0.3 is 9.47 Å². The summed E-state index contributed by atoms with van der Waals surface area (Å²) in [5.41, 5.74) is -5.82. The second kappa shape index (κ2) is 8.51. The fourth-order valence-corrected chi connectivity index (χ4v) is 5.06. The zero-order valence-corrected chi connectivity index (χ0v) is 15.9. The Bertz CT molecular complexity index is 810. The van der Waals surface area contributed by atoms with Gasteiger partial charge in [-0.1, -0.05) is 10.5 Å². The zero-order chi connectivity index (χ0) is 21.2. The molecule has 0 radical (unpaired) electrons. The molecule has 28 heavy (non-hydrogen) atoms. The van der Waals surface area contributed by atoms with E-state index < -0.39 is 55.9 Å². The summed E-state index contributed by atoms with van der Waals surface area (Å²) in [5.74, 6) is -1.76. The van der Waals surface area contributed by atoms with Gasteiger partial charge in [-0.15, -0.1) is 0 Å². The van der Waals surface area contributed by atoms with E-state index in [0.717, 1.165) is 0 Å². The number of carbonyl (C=O) groups is 2.